The molecule has 2 heterocycles. The number of fused-ring (bicyclic) bond motifs is 1. The van der Waals surface area contributed by atoms with Gasteiger partial charge in [0, 0.05) is 28.5 Å². The number of aromatic nitrogens is 2. The van der Waals surface area contributed by atoms with Crippen molar-refractivity contribution >= 4 is 23.4 Å². The van der Waals surface area contributed by atoms with E-state index in [9.17, 15) is 9.59 Å². The van der Waals surface area contributed by atoms with Crippen molar-refractivity contribution < 1.29 is 14.3 Å². The lowest BCUT2D eigenvalue weighted by Crippen LogP contribution is -2.33. The van der Waals surface area contributed by atoms with Crippen LogP contribution in [0.15, 0.2) is 39.4 Å². The molecular weight excluding hydrogens is 414 g/mol. The predicted molar refractivity (Wildman–Crippen MR) is 121 cm³/mol. The number of benzene rings is 1. The van der Waals surface area contributed by atoms with Crippen molar-refractivity contribution in [2.24, 2.45) is 0 Å². The summed E-state index contributed by atoms with van der Waals surface area (Å²) >= 11 is 1.54. The lowest BCUT2D eigenvalue weighted by atomic mass is 9.76. The van der Waals surface area contributed by atoms with Gasteiger partial charge in [0.25, 0.3) is 5.56 Å². The topological polar surface area (TPSA) is 93.3 Å². The number of nitrogens with one attached hydrogen (secondary N) is 2. The first-order chi connectivity index (χ1) is 15.0. The van der Waals surface area contributed by atoms with Crippen molar-refractivity contribution in [1.82, 2.24) is 9.97 Å². The maximum Gasteiger partial charge on any atom is 0.257 e. The molecule has 0 saturated carbocycles. The van der Waals surface area contributed by atoms with Crippen molar-refractivity contribution in [3.63, 3.8) is 0 Å². The molecule has 2 unspecified atom stereocenters. The first-order valence-corrected chi connectivity index (χ1v) is 11.4. The standard InChI is InChI=1S/C23H27N3O4S/c1-5-12(2)31-23-25-21-19(22(28)26-23)17(18-14(24-21)9-7-10-15(18)27)13-8-6-11-16(29-3)20(13)30-4/h6,8,11-12,17H,5,7,9-10H2,1-4H3,(H2,24,25,26,28). The quantitative estimate of drug-likeness (QED) is 0.511. The zero-order valence-electron chi connectivity index (χ0n) is 18.2. The van der Waals surface area contributed by atoms with E-state index in [-0.39, 0.29) is 11.3 Å². The molecule has 0 bridgehead atoms. The van der Waals surface area contributed by atoms with E-state index in [1.54, 1.807) is 20.3 Å². The summed E-state index contributed by atoms with van der Waals surface area (Å²) in [6.07, 6.45) is 2.95. The molecule has 0 amide bonds. The zero-order chi connectivity index (χ0) is 22.1. The number of ether oxygens (including phenoxy) is 2. The summed E-state index contributed by atoms with van der Waals surface area (Å²) in [5.74, 6) is 1.07. The first kappa shape index (κ1) is 21.5. The van der Waals surface area contributed by atoms with Crippen LogP contribution in [0.3, 0.4) is 0 Å². The summed E-state index contributed by atoms with van der Waals surface area (Å²) in [6.45, 7) is 4.20. The normalized spacial score (nSPS) is 18.7. The van der Waals surface area contributed by atoms with Gasteiger partial charge in [-0.1, -0.05) is 37.7 Å². The van der Waals surface area contributed by atoms with E-state index < -0.39 is 5.92 Å². The van der Waals surface area contributed by atoms with E-state index in [0.717, 1.165) is 30.5 Å². The number of para-hydroxylation sites is 1. The van der Waals surface area contributed by atoms with Gasteiger partial charge in [-0.25, -0.2) is 4.98 Å². The monoisotopic (exact) mass is 441 g/mol. The van der Waals surface area contributed by atoms with Gasteiger partial charge in [-0.2, -0.15) is 0 Å². The van der Waals surface area contributed by atoms with Crippen LogP contribution in [0.1, 0.15) is 56.6 Å². The SMILES string of the molecule is CCC(C)Sc1nc2c(c(=O)[nH]1)C(c1cccc(OC)c1OC)C1=C(CCCC1=O)N2. The van der Waals surface area contributed by atoms with Crippen LogP contribution in [0.4, 0.5) is 5.82 Å². The second kappa shape index (κ2) is 8.78. The fourth-order valence-electron chi connectivity index (χ4n) is 4.22. The van der Waals surface area contributed by atoms with Gasteiger partial charge in [-0.15, -0.1) is 0 Å². The van der Waals surface area contributed by atoms with Crippen LogP contribution in [-0.4, -0.2) is 35.2 Å². The number of aromatic amines is 1. The Kier molecular flexibility index (Phi) is 6.09. The van der Waals surface area contributed by atoms with Crippen molar-refractivity contribution in [2.45, 2.75) is 55.9 Å². The van der Waals surface area contributed by atoms with Gasteiger partial charge >= 0.3 is 0 Å². The minimum Gasteiger partial charge on any atom is -0.493 e. The smallest absolute Gasteiger partial charge is 0.257 e. The Hall–Kier alpha value is -2.74. The number of H-pyrrole nitrogens is 1. The van der Waals surface area contributed by atoms with E-state index in [4.69, 9.17) is 14.5 Å². The molecule has 2 aromatic rings. The number of thioether (sulfide) groups is 1. The molecule has 4 rings (SSSR count). The number of methoxy groups -OCH3 is 2. The summed E-state index contributed by atoms with van der Waals surface area (Å²) in [5, 5.41) is 4.21. The Morgan fingerprint density at radius 1 is 1.23 bits per heavy atom. The molecule has 1 aromatic heterocycles. The van der Waals surface area contributed by atoms with Crippen LogP contribution in [0, 0.1) is 0 Å². The van der Waals surface area contributed by atoms with Crippen molar-refractivity contribution in [3.8, 4) is 11.5 Å². The second-order valence-electron chi connectivity index (χ2n) is 7.78. The number of carbonyl (C=O) groups excluding carboxylic acids is 1. The summed E-state index contributed by atoms with van der Waals surface area (Å²) in [6, 6.07) is 5.53. The van der Waals surface area contributed by atoms with Crippen molar-refractivity contribution in [2.75, 3.05) is 19.5 Å². The van der Waals surface area contributed by atoms with Crippen LogP contribution in [0.2, 0.25) is 0 Å². The van der Waals surface area contributed by atoms with E-state index in [2.05, 4.69) is 24.1 Å². The third-order valence-corrected chi connectivity index (χ3v) is 7.02. The number of ketones is 1. The van der Waals surface area contributed by atoms with Gasteiger partial charge in [-0.05, 0) is 25.3 Å². The molecule has 1 aliphatic heterocycles. The Balaban J connectivity index is 1.95. The van der Waals surface area contributed by atoms with Gasteiger partial charge in [0.2, 0.25) is 0 Å². The minimum absolute atomic E-state index is 0.0479. The lowest BCUT2D eigenvalue weighted by molar-refractivity contribution is -0.116. The first-order valence-electron chi connectivity index (χ1n) is 10.5. The third kappa shape index (κ3) is 3.84. The second-order valence-corrected chi connectivity index (χ2v) is 9.21. The molecule has 2 atom stereocenters. The number of allylic oxidation sites excluding steroid dienone is 2. The van der Waals surface area contributed by atoms with Crippen LogP contribution >= 0.6 is 11.8 Å². The van der Waals surface area contributed by atoms with Gasteiger partial charge in [0.1, 0.15) is 5.82 Å². The van der Waals surface area contributed by atoms with Crippen LogP contribution < -0.4 is 20.3 Å². The molecule has 7 nitrogen and oxygen atoms in total. The maximum absolute atomic E-state index is 13.3. The highest BCUT2D eigenvalue weighted by atomic mass is 32.2. The molecule has 0 radical (unpaired) electrons. The number of hydrogen-bond acceptors (Lipinski definition) is 7. The average Bonchev–Trinajstić information content (AvgIpc) is 2.77. The molecule has 2 N–H and O–H groups in total. The van der Waals surface area contributed by atoms with Gasteiger partial charge < -0.3 is 19.8 Å². The summed E-state index contributed by atoms with van der Waals surface area (Å²) < 4.78 is 11.1. The minimum atomic E-state index is -0.567. The Labute approximate surface area is 185 Å². The highest BCUT2D eigenvalue weighted by Gasteiger charge is 2.39. The third-order valence-electron chi connectivity index (χ3n) is 5.87. The maximum atomic E-state index is 13.3. The number of nitrogens with zero attached hydrogens (tertiary/aromatic N) is 1. The summed E-state index contributed by atoms with van der Waals surface area (Å²) in [4.78, 5) is 34.0. The summed E-state index contributed by atoms with van der Waals surface area (Å²) in [5.41, 5.74) is 2.38. The van der Waals surface area contributed by atoms with Crippen molar-refractivity contribution in [3.05, 3.63) is 50.9 Å². The number of carbonyl (C=O) groups is 1. The van der Waals surface area contributed by atoms with Crippen LogP contribution in [-0.2, 0) is 4.79 Å². The van der Waals surface area contributed by atoms with E-state index in [1.165, 1.54) is 11.8 Å². The van der Waals surface area contributed by atoms with Gasteiger partial charge in [0.05, 0.1) is 25.7 Å². The van der Waals surface area contributed by atoms with Crippen LogP contribution in [0.25, 0.3) is 0 Å². The molecule has 31 heavy (non-hydrogen) atoms. The molecule has 0 fully saturated rings. The van der Waals surface area contributed by atoms with E-state index in [0.29, 0.717) is 45.3 Å². The Morgan fingerprint density at radius 2 is 2.03 bits per heavy atom. The Morgan fingerprint density at radius 3 is 2.74 bits per heavy atom. The predicted octanol–water partition coefficient (Wildman–Crippen LogP) is 4.24. The molecule has 164 valence electrons. The molecular formula is C23H27N3O4S. The lowest BCUT2D eigenvalue weighted by Gasteiger charge is -2.33. The Bertz CT molecular complexity index is 1110. The van der Waals surface area contributed by atoms with E-state index >= 15 is 0 Å². The molecule has 0 spiro atoms. The number of rotatable bonds is 6. The van der Waals surface area contributed by atoms with E-state index in [1.807, 2.05) is 12.1 Å². The van der Waals surface area contributed by atoms with Gasteiger partial charge in [-0.3, -0.25) is 9.59 Å². The number of Topliss-reactive ketones (excluding diaryl/α,β-unsaturated/α-hetero) is 1. The largest absolute Gasteiger partial charge is 0.493 e. The highest BCUT2D eigenvalue weighted by molar-refractivity contribution is 7.99. The highest BCUT2D eigenvalue weighted by Crippen LogP contribution is 2.48. The molecule has 1 aromatic carbocycles. The number of anilines is 1. The molecule has 8 heteroatoms. The number of hydrogen-bond donors (Lipinski definition) is 2. The van der Waals surface area contributed by atoms with Gasteiger partial charge in [0.15, 0.2) is 22.4 Å². The summed E-state index contributed by atoms with van der Waals surface area (Å²) in [7, 11) is 3.14. The average molecular weight is 442 g/mol. The van der Waals surface area contributed by atoms with Crippen LogP contribution in [0.5, 0.6) is 11.5 Å². The zero-order valence-corrected chi connectivity index (χ0v) is 19.0. The fourth-order valence-corrected chi connectivity index (χ4v) is 5.06. The molecule has 2 aliphatic rings. The molecule has 1 aliphatic carbocycles. The fraction of sp³-hybridized carbons (Fsp3) is 0.435. The molecule has 0 saturated heterocycles. The van der Waals surface area contributed by atoms with Crippen molar-refractivity contribution in [1.29, 1.82) is 0 Å².